The number of fused-ring (bicyclic) bond motifs is 3. The molecule has 1 nitrogen and oxygen atoms in total. The van der Waals surface area contributed by atoms with Crippen LogP contribution in [0.1, 0.15) is 103 Å². The van der Waals surface area contributed by atoms with Crippen LogP contribution in [0, 0.1) is 11.8 Å². The van der Waals surface area contributed by atoms with Crippen molar-refractivity contribution < 1.29 is 0 Å². The molecule has 2 unspecified atom stereocenters. The minimum absolute atomic E-state index is 0.00629. The van der Waals surface area contributed by atoms with Gasteiger partial charge >= 0.3 is 0 Å². The quantitative estimate of drug-likeness (QED) is 0.125. The molecule has 0 saturated carbocycles. The maximum absolute atomic E-state index is 3.90. The Balaban J connectivity index is 1.73. The molecule has 0 radical (unpaired) electrons. The smallest absolute Gasteiger partial charge is 0.0465 e. The van der Waals surface area contributed by atoms with Gasteiger partial charge in [-0.1, -0.05) is 144 Å². The van der Waals surface area contributed by atoms with Gasteiger partial charge in [-0.2, -0.15) is 0 Å². The molecule has 0 saturated heterocycles. The molecule has 2 heteroatoms. The van der Waals surface area contributed by atoms with E-state index in [9.17, 15) is 0 Å². The van der Waals surface area contributed by atoms with Crippen LogP contribution in [0.25, 0.3) is 11.1 Å². The summed E-state index contributed by atoms with van der Waals surface area (Å²) in [4.78, 5) is 2.44. The molecular formula is C41H50BrN. The zero-order chi connectivity index (χ0) is 30.2. The van der Waals surface area contributed by atoms with Crippen molar-refractivity contribution in [1.29, 1.82) is 0 Å². The lowest BCUT2D eigenvalue weighted by molar-refractivity contribution is 0.266. The van der Waals surface area contributed by atoms with Gasteiger partial charge in [-0.15, -0.1) is 0 Å². The summed E-state index contributed by atoms with van der Waals surface area (Å²) < 4.78 is 1.20. The second-order valence-corrected chi connectivity index (χ2v) is 13.7. The van der Waals surface area contributed by atoms with Gasteiger partial charge < -0.3 is 4.90 Å². The van der Waals surface area contributed by atoms with E-state index in [1.165, 1.54) is 96.9 Å². The lowest BCUT2D eigenvalue weighted by Gasteiger charge is -2.39. The predicted molar refractivity (Wildman–Crippen MR) is 191 cm³/mol. The van der Waals surface area contributed by atoms with Crippen molar-refractivity contribution in [2.45, 2.75) is 97.3 Å². The number of halogens is 1. The molecule has 4 aromatic carbocycles. The Morgan fingerprint density at radius 1 is 0.581 bits per heavy atom. The maximum atomic E-state index is 3.90. The molecule has 0 fully saturated rings. The Bertz CT molecular complexity index is 1390. The van der Waals surface area contributed by atoms with Crippen molar-refractivity contribution in [2.24, 2.45) is 11.8 Å². The molecule has 2 atom stereocenters. The monoisotopic (exact) mass is 635 g/mol. The van der Waals surface area contributed by atoms with Gasteiger partial charge in [0.15, 0.2) is 0 Å². The summed E-state index contributed by atoms with van der Waals surface area (Å²) in [6.45, 7) is 9.52. The Labute approximate surface area is 269 Å². The third-order valence-electron chi connectivity index (χ3n) is 9.95. The Morgan fingerprint density at radius 2 is 1.07 bits per heavy atom. The lowest BCUT2D eigenvalue weighted by atomic mass is 9.65. The highest BCUT2D eigenvalue weighted by Gasteiger charge is 2.45. The van der Waals surface area contributed by atoms with Crippen LogP contribution >= 0.6 is 15.9 Å². The van der Waals surface area contributed by atoms with Gasteiger partial charge in [-0.25, -0.2) is 0 Å². The van der Waals surface area contributed by atoms with Crippen molar-refractivity contribution in [1.82, 2.24) is 0 Å². The number of anilines is 3. The fourth-order valence-electron chi connectivity index (χ4n) is 7.59. The van der Waals surface area contributed by atoms with Gasteiger partial charge in [-0.3, -0.25) is 0 Å². The van der Waals surface area contributed by atoms with E-state index in [1.807, 2.05) is 0 Å². The Morgan fingerprint density at radius 3 is 1.56 bits per heavy atom. The summed E-state index contributed by atoms with van der Waals surface area (Å²) in [5, 5.41) is 0. The summed E-state index contributed by atoms with van der Waals surface area (Å²) in [6.07, 6.45) is 12.7. The van der Waals surface area contributed by atoms with Crippen LogP contribution < -0.4 is 4.90 Å². The highest BCUT2D eigenvalue weighted by atomic mass is 79.9. The summed E-state index contributed by atoms with van der Waals surface area (Å²) in [7, 11) is 0. The third kappa shape index (κ3) is 6.80. The average Bonchev–Trinajstić information content (AvgIpc) is 3.30. The number of hydrogen-bond donors (Lipinski definition) is 0. The molecule has 5 rings (SSSR count). The van der Waals surface area contributed by atoms with Crippen LogP contribution in [0.15, 0.2) is 102 Å². The van der Waals surface area contributed by atoms with E-state index in [1.54, 1.807) is 11.1 Å². The first-order chi connectivity index (χ1) is 21.0. The second-order valence-electron chi connectivity index (χ2n) is 12.7. The molecule has 0 spiro atoms. The average molecular weight is 637 g/mol. The van der Waals surface area contributed by atoms with E-state index >= 15 is 0 Å². The summed E-state index contributed by atoms with van der Waals surface area (Å²) in [5.41, 5.74) is 9.60. The van der Waals surface area contributed by atoms with Gasteiger partial charge in [0.1, 0.15) is 0 Å². The first-order valence-corrected chi connectivity index (χ1v) is 17.7. The van der Waals surface area contributed by atoms with Crippen LogP contribution in [0.2, 0.25) is 0 Å². The van der Waals surface area contributed by atoms with Crippen molar-refractivity contribution >= 4 is 33.0 Å². The third-order valence-corrected chi connectivity index (χ3v) is 10.4. The molecule has 1 aliphatic rings. The molecule has 43 heavy (non-hydrogen) atoms. The number of benzene rings is 4. The van der Waals surface area contributed by atoms with Gasteiger partial charge in [0.05, 0.1) is 0 Å². The number of para-hydroxylation sites is 2. The van der Waals surface area contributed by atoms with Gasteiger partial charge in [0.2, 0.25) is 0 Å². The molecule has 4 aromatic rings. The van der Waals surface area contributed by atoms with Gasteiger partial charge in [-0.05, 0) is 95.5 Å². The maximum Gasteiger partial charge on any atom is 0.0465 e. The number of nitrogens with zero attached hydrogens (tertiary/aromatic N) is 1. The molecule has 0 amide bonds. The minimum atomic E-state index is 0.00629. The summed E-state index contributed by atoms with van der Waals surface area (Å²) >= 11 is 3.90. The van der Waals surface area contributed by atoms with E-state index < -0.39 is 0 Å². The molecule has 0 bridgehead atoms. The zero-order valence-corrected chi connectivity index (χ0v) is 28.4. The van der Waals surface area contributed by atoms with Crippen LogP contribution in [-0.2, 0) is 5.41 Å². The lowest BCUT2D eigenvalue weighted by Crippen LogP contribution is -2.31. The zero-order valence-electron chi connectivity index (χ0n) is 26.8. The van der Waals surface area contributed by atoms with E-state index in [2.05, 4.69) is 146 Å². The second kappa shape index (κ2) is 14.8. The van der Waals surface area contributed by atoms with E-state index in [-0.39, 0.29) is 5.41 Å². The van der Waals surface area contributed by atoms with Gasteiger partial charge in [0, 0.05) is 26.9 Å². The number of rotatable bonds is 15. The molecule has 0 N–H and O–H groups in total. The molecular weight excluding hydrogens is 586 g/mol. The fraction of sp³-hybridized carbons (Fsp3) is 0.415. The predicted octanol–water partition coefficient (Wildman–Crippen LogP) is 13.4. The molecule has 0 aliphatic heterocycles. The molecule has 226 valence electrons. The summed E-state index contributed by atoms with van der Waals surface area (Å²) in [6, 6.07) is 36.2. The minimum Gasteiger partial charge on any atom is -0.310 e. The van der Waals surface area contributed by atoms with Crippen LogP contribution in [0.4, 0.5) is 17.1 Å². The molecule has 0 heterocycles. The van der Waals surface area contributed by atoms with Crippen molar-refractivity contribution in [3.8, 4) is 11.1 Å². The van der Waals surface area contributed by atoms with Crippen LogP contribution in [0.3, 0.4) is 0 Å². The number of unbranched alkanes of at least 4 members (excludes halogenated alkanes) is 2. The van der Waals surface area contributed by atoms with Crippen molar-refractivity contribution in [3.63, 3.8) is 0 Å². The first kappa shape index (κ1) is 31.6. The SMILES string of the molecule is CCCCC(CC)CC1(CC(CC)CCCC)c2cc(Br)ccc2-c2ccc(N(c3ccccc3)c3ccccc3)cc21. The topological polar surface area (TPSA) is 3.24 Å². The summed E-state index contributed by atoms with van der Waals surface area (Å²) in [5.74, 6) is 1.42. The fourth-order valence-corrected chi connectivity index (χ4v) is 7.95. The highest BCUT2D eigenvalue weighted by molar-refractivity contribution is 9.10. The van der Waals surface area contributed by atoms with E-state index in [0.29, 0.717) is 11.8 Å². The van der Waals surface area contributed by atoms with Crippen molar-refractivity contribution in [2.75, 3.05) is 4.90 Å². The van der Waals surface area contributed by atoms with E-state index in [0.717, 1.165) is 0 Å². The standard InChI is InChI=1S/C41H50BrN/c1-5-9-17-31(7-3)29-41(30-32(8-4)18-10-6-2)39-27-33(42)23-25-37(39)38-26-24-36(28-40(38)41)43(34-19-13-11-14-20-34)35-21-15-12-16-22-35/h11-16,19-28,31-32H,5-10,17-18,29-30H2,1-4H3. The largest absolute Gasteiger partial charge is 0.310 e. The normalized spacial score (nSPS) is 16.9. The van der Waals surface area contributed by atoms with Crippen LogP contribution in [0.5, 0.6) is 0 Å². The Kier molecular flexibility index (Phi) is 10.8. The first-order valence-electron chi connectivity index (χ1n) is 16.9. The molecule has 1 aliphatic carbocycles. The van der Waals surface area contributed by atoms with E-state index in [4.69, 9.17) is 0 Å². The van der Waals surface area contributed by atoms with Gasteiger partial charge in [0.25, 0.3) is 0 Å². The molecule has 0 aromatic heterocycles. The highest BCUT2D eigenvalue weighted by Crippen LogP contribution is 2.57. The Hall–Kier alpha value is -2.84. The van der Waals surface area contributed by atoms with Crippen LogP contribution in [-0.4, -0.2) is 0 Å². The number of hydrogen-bond acceptors (Lipinski definition) is 1. The van der Waals surface area contributed by atoms with Crippen molar-refractivity contribution in [3.05, 3.63) is 113 Å².